The molecule has 0 radical (unpaired) electrons. The summed E-state index contributed by atoms with van der Waals surface area (Å²) < 4.78 is 33.3. The van der Waals surface area contributed by atoms with Crippen molar-refractivity contribution in [2.75, 3.05) is 11.8 Å². The van der Waals surface area contributed by atoms with Crippen molar-refractivity contribution in [1.82, 2.24) is 4.98 Å². The highest BCUT2D eigenvalue weighted by Gasteiger charge is 2.22. The number of hydrogen-bond donors (Lipinski definition) is 1. The first-order chi connectivity index (χ1) is 12.3. The number of thiazole rings is 1. The van der Waals surface area contributed by atoms with Crippen molar-refractivity contribution in [2.45, 2.75) is 31.6 Å². The Balaban J connectivity index is 1.88. The van der Waals surface area contributed by atoms with Gasteiger partial charge in [-0.25, -0.2) is 13.4 Å². The maximum absolute atomic E-state index is 12.8. The van der Waals surface area contributed by atoms with Crippen LogP contribution >= 0.6 is 22.7 Å². The van der Waals surface area contributed by atoms with Crippen LogP contribution in [-0.4, -0.2) is 20.5 Å². The number of nitrogens with one attached hydrogen (secondary N) is 1. The molecule has 2 aromatic heterocycles. The minimum Gasteiger partial charge on any atom is -0.497 e. The fourth-order valence-electron chi connectivity index (χ4n) is 2.37. The largest absolute Gasteiger partial charge is 0.497 e. The Labute approximate surface area is 161 Å². The van der Waals surface area contributed by atoms with Gasteiger partial charge in [0.15, 0.2) is 0 Å². The summed E-state index contributed by atoms with van der Waals surface area (Å²) in [5.74, 6) is 1.02. The molecule has 26 heavy (non-hydrogen) atoms. The predicted octanol–water partition coefficient (Wildman–Crippen LogP) is 5.11. The zero-order valence-corrected chi connectivity index (χ0v) is 17.4. The second-order valence-corrected chi connectivity index (χ2v) is 9.86. The Morgan fingerprint density at radius 3 is 2.46 bits per heavy atom. The van der Waals surface area contributed by atoms with Crippen molar-refractivity contribution in [3.05, 3.63) is 46.3 Å². The number of thiophene rings is 1. The summed E-state index contributed by atoms with van der Waals surface area (Å²) in [6.45, 7) is 5.99. The molecule has 2 heterocycles. The van der Waals surface area contributed by atoms with Crippen molar-refractivity contribution in [3.63, 3.8) is 0 Å². The van der Waals surface area contributed by atoms with Gasteiger partial charge >= 0.3 is 0 Å². The second-order valence-electron chi connectivity index (χ2n) is 6.10. The standard InChI is InChI=1S/C18H20N2O3S3/c1-11(2)15-10-24-18(19-15)16-9-17(12(3)25-16)26(21,22)20-13-5-7-14(23-4)8-6-13/h5-11,20H,1-4H3. The summed E-state index contributed by atoms with van der Waals surface area (Å²) in [5, 5.41) is 2.88. The van der Waals surface area contributed by atoms with E-state index in [2.05, 4.69) is 23.6 Å². The Morgan fingerprint density at radius 1 is 1.19 bits per heavy atom. The van der Waals surface area contributed by atoms with E-state index in [4.69, 9.17) is 4.74 Å². The minimum atomic E-state index is -3.66. The van der Waals surface area contributed by atoms with Crippen LogP contribution in [0.3, 0.4) is 0 Å². The maximum atomic E-state index is 12.8. The molecule has 0 bridgehead atoms. The third-order valence-electron chi connectivity index (χ3n) is 3.83. The highest BCUT2D eigenvalue weighted by molar-refractivity contribution is 7.93. The Hall–Kier alpha value is -1.90. The zero-order valence-electron chi connectivity index (χ0n) is 14.9. The van der Waals surface area contributed by atoms with E-state index in [0.717, 1.165) is 20.5 Å². The van der Waals surface area contributed by atoms with Crippen molar-refractivity contribution < 1.29 is 13.2 Å². The van der Waals surface area contributed by atoms with Crippen LogP contribution in [0, 0.1) is 6.92 Å². The Kier molecular flexibility index (Phi) is 5.36. The fourth-order valence-corrected chi connectivity index (χ4v) is 6.07. The van der Waals surface area contributed by atoms with Crippen molar-refractivity contribution in [2.24, 2.45) is 0 Å². The fraction of sp³-hybridized carbons (Fsp3) is 0.278. The molecule has 138 valence electrons. The van der Waals surface area contributed by atoms with Gasteiger partial charge in [0.05, 0.1) is 17.7 Å². The van der Waals surface area contributed by atoms with E-state index in [1.165, 1.54) is 11.3 Å². The molecule has 5 nitrogen and oxygen atoms in total. The highest BCUT2D eigenvalue weighted by Crippen LogP contribution is 2.36. The van der Waals surface area contributed by atoms with Gasteiger partial charge in [-0.15, -0.1) is 22.7 Å². The number of rotatable bonds is 6. The molecule has 3 rings (SSSR count). The molecule has 0 saturated carbocycles. The van der Waals surface area contributed by atoms with Gasteiger partial charge in [-0.2, -0.15) is 0 Å². The molecule has 8 heteroatoms. The lowest BCUT2D eigenvalue weighted by molar-refractivity contribution is 0.415. The van der Waals surface area contributed by atoms with E-state index in [9.17, 15) is 8.42 Å². The topological polar surface area (TPSA) is 68.3 Å². The van der Waals surface area contributed by atoms with Gasteiger partial charge in [-0.05, 0) is 43.2 Å². The number of nitrogens with zero attached hydrogens (tertiary/aromatic N) is 1. The first-order valence-electron chi connectivity index (χ1n) is 8.03. The van der Waals surface area contributed by atoms with Crippen LogP contribution in [0.5, 0.6) is 5.75 Å². The molecular weight excluding hydrogens is 388 g/mol. The van der Waals surface area contributed by atoms with Crippen molar-refractivity contribution in [1.29, 1.82) is 0 Å². The van der Waals surface area contributed by atoms with Crippen LogP contribution in [0.25, 0.3) is 9.88 Å². The average Bonchev–Trinajstić information content (AvgIpc) is 3.22. The number of ether oxygens (including phenoxy) is 1. The van der Waals surface area contributed by atoms with E-state index in [1.54, 1.807) is 48.8 Å². The van der Waals surface area contributed by atoms with Crippen LogP contribution in [0.4, 0.5) is 5.69 Å². The summed E-state index contributed by atoms with van der Waals surface area (Å²) in [4.78, 5) is 6.51. The zero-order chi connectivity index (χ0) is 18.9. The monoisotopic (exact) mass is 408 g/mol. The van der Waals surface area contributed by atoms with Gasteiger partial charge in [-0.3, -0.25) is 4.72 Å². The minimum absolute atomic E-state index is 0.287. The number of anilines is 1. The predicted molar refractivity (Wildman–Crippen MR) is 108 cm³/mol. The van der Waals surface area contributed by atoms with Crippen LogP contribution in [0.1, 0.15) is 30.3 Å². The van der Waals surface area contributed by atoms with Gasteiger partial charge in [0.2, 0.25) is 0 Å². The number of hydrogen-bond acceptors (Lipinski definition) is 6. The summed E-state index contributed by atoms with van der Waals surface area (Å²) in [5.41, 5.74) is 1.52. The number of methoxy groups -OCH3 is 1. The van der Waals surface area contributed by atoms with Crippen LogP contribution in [0.15, 0.2) is 40.6 Å². The van der Waals surface area contributed by atoms with E-state index in [0.29, 0.717) is 17.4 Å². The van der Waals surface area contributed by atoms with Gasteiger partial charge in [0, 0.05) is 15.9 Å². The summed E-state index contributed by atoms with van der Waals surface area (Å²) in [7, 11) is -2.10. The molecule has 0 saturated heterocycles. The number of benzene rings is 1. The maximum Gasteiger partial charge on any atom is 0.263 e. The molecule has 1 N–H and O–H groups in total. The molecule has 0 aliphatic heterocycles. The second kappa shape index (κ2) is 7.38. The van der Waals surface area contributed by atoms with Crippen molar-refractivity contribution in [3.8, 4) is 15.6 Å². The molecule has 0 atom stereocenters. The van der Waals surface area contributed by atoms with Crippen molar-refractivity contribution >= 4 is 38.4 Å². The molecule has 0 amide bonds. The SMILES string of the molecule is COc1ccc(NS(=O)(=O)c2cc(-c3nc(C(C)C)cs3)sc2C)cc1. The molecule has 0 fully saturated rings. The molecular formula is C18H20N2O3S3. The number of sulfonamides is 1. The first kappa shape index (κ1) is 18.9. The third kappa shape index (κ3) is 3.92. The van der Waals surface area contributed by atoms with E-state index >= 15 is 0 Å². The Morgan fingerprint density at radius 2 is 1.88 bits per heavy atom. The van der Waals surface area contributed by atoms with Crippen LogP contribution in [-0.2, 0) is 10.0 Å². The molecule has 1 aromatic carbocycles. The third-order valence-corrected chi connectivity index (χ3v) is 7.55. The van der Waals surface area contributed by atoms with Gasteiger partial charge < -0.3 is 4.74 Å². The molecule has 0 spiro atoms. The Bertz CT molecular complexity index is 1000. The average molecular weight is 409 g/mol. The van der Waals surface area contributed by atoms with E-state index < -0.39 is 10.0 Å². The summed E-state index contributed by atoms with van der Waals surface area (Å²) in [6.07, 6.45) is 0. The van der Waals surface area contributed by atoms with Crippen LogP contribution < -0.4 is 9.46 Å². The lowest BCUT2D eigenvalue weighted by atomic mass is 10.2. The summed E-state index contributed by atoms with van der Waals surface area (Å²) >= 11 is 2.99. The van der Waals surface area contributed by atoms with E-state index in [1.807, 2.05) is 12.3 Å². The number of aromatic nitrogens is 1. The van der Waals surface area contributed by atoms with Crippen LogP contribution in [0.2, 0.25) is 0 Å². The summed E-state index contributed by atoms with van der Waals surface area (Å²) in [6, 6.07) is 8.48. The van der Waals surface area contributed by atoms with Gasteiger partial charge in [-0.1, -0.05) is 13.8 Å². The molecule has 0 unspecified atom stereocenters. The van der Waals surface area contributed by atoms with E-state index in [-0.39, 0.29) is 4.90 Å². The van der Waals surface area contributed by atoms with Gasteiger partial charge in [0.25, 0.3) is 10.0 Å². The lowest BCUT2D eigenvalue weighted by Gasteiger charge is -2.08. The quantitative estimate of drug-likeness (QED) is 0.615. The highest BCUT2D eigenvalue weighted by atomic mass is 32.2. The normalized spacial score (nSPS) is 11.7. The smallest absolute Gasteiger partial charge is 0.263 e. The molecule has 3 aromatic rings. The van der Waals surface area contributed by atoms with Gasteiger partial charge in [0.1, 0.15) is 15.7 Å². The first-order valence-corrected chi connectivity index (χ1v) is 11.2. The lowest BCUT2D eigenvalue weighted by Crippen LogP contribution is -2.13. The molecule has 0 aliphatic carbocycles. The number of aryl methyl sites for hydroxylation is 1. The molecule has 0 aliphatic rings.